The first kappa shape index (κ1) is 15.4. The number of carbonyl (C=O) groups is 1. The minimum atomic E-state index is -0.144. The molecule has 0 saturated carbocycles. The first-order valence-corrected chi connectivity index (χ1v) is 7.44. The molecule has 2 rings (SSSR count). The monoisotopic (exact) mass is 347 g/mol. The molecule has 1 atom stereocenters. The molecular weight excluding hydrogens is 330 g/mol. The highest BCUT2D eigenvalue weighted by Crippen LogP contribution is 2.26. The zero-order chi connectivity index (χ0) is 15.4. The van der Waals surface area contributed by atoms with Crippen molar-refractivity contribution >= 4 is 33.2 Å². The van der Waals surface area contributed by atoms with Gasteiger partial charge in [0.05, 0.1) is 11.4 Å². The van der Waals surface area contributed by atoms with Gasteiger partial charge in [0.1, 0.15) is 0 Å². The van der Waals surface area contributed by atoms with Gasteiger partial charge in [0, 0.05) is 23.1 Å². The zero-order valence-corrected chi connectivity index (χ0v) is 13.6. The Kier molecular flexibility index (Phi) is 4.85. The van der Waals surface area contributed by atoms with Gasteiger partial charge in [-0.05, 0) is 42.8 Å². The number of hydrogen-bond donors (Lipinski definition) is 3. The molecule has 2 aromatic carbocycles. The molecule has 0 aliphatic carbocycles. The fourth-order valence-electron chi connectivity index (χ4n) is 2.05. The first-order chi connectivity index (χ1) is 10.0. The van der Waals surface area contributed by atoms with Gasteiger partial charge in [-0.3, -0.25) is 4.79 Å². The van der Waals surface area contributed by atoms with Gasteiger partial charge in [-0.2, -0.15) is 0 Å². The SMILES string of the molecule is CNC(=O)c1ccc(NC(C)c2ccc(Br)cc2)c(N)c1. The summed E-state index contributed by atoms with van der Waals surface area (Å²) in [7, 11) is 1.60. The standard InChI is InChI=1S/C16H18BrN3O/c1-10(11-3-6-13(17)7-4-11)20-15-8-5-12(9-14(15)18)16(21)19-2/h3-10,20H,18H2,1-2H3,(H,19,21). The molecule has 0 radical (unpaired) electrons. The van der Waals surface area contributed by atoms with Crippen LogP contribution in [-0.4, -0.2) is 13.0 Å². The predicted molar refractivity (Wildman–Crippen MR) is 90.4 cm³/mol. The number of rotatable bonds is 4. The van der Waals surface area contributed by atoms with Crippen molar-refractivity contribution in [1.29, 1.82) is 0 Å². The minimum Gasteiger partial charge on any atom is -0.397 e. The molecule has 110 valence electrons. The Labute approximate surface area is 132 Å². The summed E-state index contributed by atoms with van der Waals surface area (Å²) in [6, 6.07) is 13.5. The number of carbonyl (C=O) groups excluding carboxylic acids is 1. The van der Waals surface area contributed by atoms with Crippen LogP contribution in [0.2, 0.25) is 0 Å². The quantitative estimate of drug-likeness (QED) is 0.740. The Morgan fingerprint density at radius 1 is 1.19 bits per heavy atom. The molecule has 2 aromatic rings. The number of hydrogen-bond acceptors (Lipinski definition) is 3. The van der Waals surface area contributed by atoms with E-state index in [1.165, 1.54) is 0 Å². The highest BCUT2D eigenvalue weighted by Gasteiger charge is 2.10. The van der Waals surface area contributed by atoms with Crippen LogP contribution >= 0.6 is 15.9 Å². The molecule has 0 saturated heterocycles. The Morgan fingerprint density at radius 2 is 1.86 bits per heavy atom. The van der Waals surface area contributed by atoms with Gasteiger partial charge in [0.2, 0.25) is 0 Å². The van der Waals surface area contributed by atoms with Crippen LogP contribution in [-0.2, 0) is 0 Å². The third-order valence-corrected chi connectivity index (χ3v) is 3.81. The van der Waals surface area contributed by atoms with E-state index >= 15 is 0 Å². The summed E-state index contributed by atoms with van der Waals surface area (Å²) in [5, 5.41) is 5.94. The van der Waals surface area contributed by atoms with Crippen LogP contribution in [0, 0.1) is 0 Å². The molecule has 0 heterocycles. The summed E-state index contributed by atoms with van der Waals surface area (Å²) < 4.78 is 1.05. The number of nitrogens with two attached hydrogens (primary N) is 1. The first-order valence-electron chi connectivity index (χ1n) is 6.65. The Morgan fingerprint density at radius 3 is 2.43 bits per heavy atom. The predicted octanol–water partition coefficient (Wildman–Crippen LogP) is 3.56. The van der Waals surface area contributed by atoms with Gasteiger partial charge in [0.15, 0.2) is 0 Å². The lowest BCUT2D eigenvalue weighted by atomic mass is 10.1. The number of halogens is 1. The minimum absolute atomic E-state index is 0.117. The van der Waals surface area contributed by atoms with Gasteiger partial charge < -0.3 is 16.4 Å². The van der Waals surface area contributed by atoms with Gasteiger partial charge in [-0.25, -0.2) is 0 Å². The smallest absolute Gasteiger partial charge is 0.251 e. The largest absolute Gasteiger partial charge is 0.397 e. The van der Waals surface area contributed by atoms with E-state index in [9.17, 15) is 4.79 Å². The van der Waals surface area contributed by atoms with Gasteiger partial charge in [0.25, 0.3) is 5.91 Å². The molecular formula is C16H18BrN3O. The maximum atomic E-state index is 11.6. The lowest BCUT2D eigenvalue weighted by Crippen LogP contribution is -2.18. The van der Waals surface area contributed by atoms with Crippen LogP contribution in [0.5, 0.6) is 0 Å². The van der Waals surface area contributed by atoms with E-state index in [-0.39, 0.29) is 11.9 Å². The van der Waals surface area contributed by atoms with Gasteiger partial charge in [-0.1, -0.05) is 28.1 Å². The molecule has 0 bridgehead atoms. The maximum absolute atomic E-state index is 11.6. The maximum Gasteiger partial charge on any atom is 0.251 e. The molecule has 1 amide bonds. The number of benzene rings is 2. The Bertz CT molecular complexity index is 640. The zero-order valence-electron chi connectivity index (χ0n) is 12.0. The number of nitrogens with one attached hydrogen (secondary N) is 2. The van der Waals surface area contributed by atoms with E-state index < -0.39 is 0 Å². The normalized spacial score (nSPS) is 11.8. The fourth-order valence-corrected chi connectivity index (χ4v) is 2.31. The second kappa shape index (κ2) is 6.63. The van der Waals surface area contributed by atoms with Crippen LogP contribution in [0.3, 0.4) is 0 Å². The second-order valence-corrected chi connectivity index (χ2v) is 5.71. The Balaban J connectivity index is 2.15. The van der Waals surface area contributed by atoms with E-state index in [4.69, 9.17) is 5.73 Å². The summed E-state index contributed by atoms with van der Waals surface area (Å²) in [6.45, 7) is 2.06. The molecule has 4 N–H and O–H groups in total. The Hall–Kier alpha value is -2.01. The topological polar surface area (TPSA) is 67.2 Å². The molecule has 0 fully saturated rings. The molecule has 0 aliphatic heterocycles. The van der Waals surface area contributed by atoms with Crippen molar-refractivity contribution in [3.8, 4) is 0 Å². The van der Waals surface area contributed by atoms with Crippen LogP contribution < -0.4 is 16.4 Å². The molecule has 4 nitrogen and oxygen atoms in total. The summed E-state index contributed by atoms with van der Waals surface area (Å²) in [5.41, 5.74) is 9.10. The number of amides is 1. The summed E-state index contributed by atoms with van der Waals surface area (Å²) in [5.74, 6) is -0.144. The van der Waals surface area contributed by atoms with Gasteiger partial charge >= 0.3 is 0 Å². The molecule has 5 heteroatoms. The van der Waals surface area contributed by atoms with Crippen LogP contribution in [0.1, 0.15) is 28.9 Å². The molecule has 0 aromatic heterocycles. The number of anilines is 2. The lowest BCUT2D eigenvalue weighted by Gasteiger charge is -2.18. The molecule has 21 heavy (non-hydrogen) atoms. The van der Waals surface area contributed by atoms with E-state index in [2.05, 4.69) is 45.6 Å². The van der Waals surface area contributed by atoms with Crippen molar-refractivity contribution < 1.29 is 4.79 Å². The van der Waals surface area contributed by atoms with E-state index in [1.807, 2.05) is 18.2 Å². The van der Waals surface area contributed by atoms with Gasteiger partial charge in [-0.15, -0.1) is 0 Å². The van der Waals surface area contributed by atoms with Crippen LogP contribution in [0.4, 0.5) is 11.4 Å². The van der Waals surface area contributed by atoms with Crippen LogP contribution in [0.15, 0.2) is 46.9 Å². The van der Waals surface area contributed by atoms with E-state index in [0.717, 1.165) is 15.7 Å². The molecule has 0 spiro atoms. The van der Waals surface area contributed by atoms with E-state index in [1.54, 1.807) is 19.2 Å². The third-order valence-electron chi connectivity index (χ3n) is 3.28. The lowest BCUT2D eigenvalue weighted by molar-refractivity contribution is 0.0963. The van der Waals surface area contributed by atoms with E-state index in [0.29, 0.717) is 11.3 Å². The summed E-state index contributed by atoms with van der Waals surface area (Å²) >= 11 is 3.42. The molecule has 0 aliphatic rings. The fraction of sp³-hybridized carbons (Fsp3) is 0.188. The third kappa shape index (κ3) is 3.76. The average Bonchev–Trinajstić information content (AvgIpc) is 2.49. The van der Waals surface area contributed by atoms with Crippen molar-refractivity contribution in [2.45, 2.75) is 13.0 Å². The average molecular weight is 348 g/mol. The van der Waals surface area contributed by atoms with Crippen molar-refractivity contribution in [1.82, 2.24) is 5.32 Å². The summed E-state index contributed by atoms with van der Waals surface area (Å²) in [6.07, 6.45) is 0. The highest BCUT2D eigenvalue weighted by molar-refractivity contribution is 9.10. The number of nitrogen functional groups attached to an aromatic ring is 1. The molecule has 1 unspecified atom stereocenters. The highest BCUT2D eigenvalue weighted by atomic mass is 79.9. The van der Waals surface area contributed by atoms with Crippen LogP contribution in [0.25, 0.3) is 0 Å². The van der Waals surface area contributed by atoms with Crippen molar-refractivity contribution in [3.05, 3.63) is 58.1 Å². The summed E-state index contributed by atoms with van der Waals surface area (Å²) in [4.78, 5) is 11.6. The van der Waals surface area contributed by atoms with Crippen molar-refractivity contribution in [3.63, 3.8) is 0 Å². The van der Waals surface area contributed by atoms with Crippen molar-refractivity contribution in [2.24, 2.45) is 0 Å². The second-order valence-electron chi connectivity index (χ2n) is 4.80. The van der Waals surface area contributed by atoms with Crippen molar-refractivity contribution in [2.75, 3.05) is 18.1 Å².